The first-order chi connectivity index (χ1) is 7.86. The van der Waals surface area contributed by atoms with E-state index in [1.54, 1.807) is 0 Å². The van der Waals surface area contributed by atoms with Gasteiger partial charge in [0.25, 0.3) is 0 Å². The summed E-state index contributed by atoms with van der Waals surface area (Å²) in [5.41, 5.74) is 9.18. The molecule has 1 saturated carbocycles. The molecule has 2 atom stereocenters. The normalized spacial score (nSPS) is 26.9. The van der Waals surface area contributed by atoms with Gasteiger partial charge in [0.05, 0.1) is 0 Å². The second kappa shape index (κ2) is 4.17. The van der Waals surface area contributed by atoms with Crippen molar-refractivity contribution in [2.45, 2.75) is 50.5 Å². The molecule has 2 nitrogen and oxygen atoms in total. The minimum Gasteiger partial charge on any atom is -0.327 e. The molecule has 0 saturated heterocycles. The molecule has 2 unspecified atom stereocenters. The molecule has 0 aromatic carbocycles. The zero-order valence-corrected chi connectivity index (χ0v) is 9.73. The zero-order valence-electron chi connectivity index (χ0n) is 9.73. The molecular formula is C14H20N2. The van der Waals surface area contributed by atoms with Crippen molar-refractivity contribution in [2.24, 2.45) is 11.7 Å². The molecule has 0 bridgehead atoms. The lowest BCUT2D eigenvalue weighted by Gasteiger charge is -2.25. The van der Waals surface area contributed by atoms with Crippen LogP contribution < -0.4 is 5.73 Å². The second-order valence-corrected chi connectivity index (χ2v) is 5.31. The Kier molecular flexibility index (Phi) is 2.68. The smallest absolute Gasteiger partial charge is 0.0482 e. The Balaban J connectivity index is 1.81. The standard InChI is InChI=1S/C14H20N2/c15-13(10-4-1-2-5-10)12-8-7-11-6-3-9-16-14(11)12/h3,6,9-10,12-13H,1-2,4-5,7-8,15H2. The summed E-state index contributed by atoms with van der Waals surface area (Å²) in [5, 5.41) is 0. The quantitative estimate of drug-likeness (QED) is 0.825. The van der Waals surface area contributed by atoms with Crippen molar-refractivity contribution in [1.29, 1.82) is 0 Å². The van der Waals surface area contributed by atoms with Crippen LogP contribution in [0.3, 0.4) is 0 Å². The third-order valence-electron chi connectivity index (χ3n) is 4.41. The Morgan fingerprint density at radius 1 is 1.25 bits per heavy atom. The highest BCUT2D eigenvalue weighted by molar-refractivity contribution is 5.30. The zero-order chi connectivity index (χ0) is 11.0. The van der Waals surface area contributed by atoms with Gasteiger partial charge in [0, 0.05) is 23.9 Å². The maximum Gasteiger partial charge on any atom is 0.0482 e. The predicted octanol–water partition coefficient (Wildman–Crippen LogP) is 2.63. The fraction of sp³-hybridized carbons (Fsp3) is 0.643. The van der Waals surface area contributed by atoms with Crippen LogP contribution >= 0.6 is 0 Å². The number of nitrogens with zero attached hydrogens (tertiary/aromatic N) is 1. The van der Waals surface area contributed by atoms with Crippen LogP contribution in [-0.4, -0.2) is 11.0 Å². The molecular weight excluding hydrogens is 196 g/mol. The first kappa shape index (κ1) is 10.3. The molecule has 1 aromatic heterocycles. The van der Waals surface area contributed by atoms with Crippen LogP contribution in [-0.2, 0) is 6.42 Å². The third kappa shape index (κ3) is 1.65. The van der Waals surface area contributed by atoms with E-state index in [2.05, 4.69) is 11.1 Å². The molecule has 2 aliphatic rings. The molecule has 3 rings (SSSR count). The molecule has 0 aliphatic heterocycles. The van der Waals surface area contributed by atoms with Gasteiger partial charge in [-0.2, -0.15) is 0 Å². The van der Waals surface area contributed by atoms with Gasteiger partial charge in [0.15, 0.2) is 0 Å². The van der Waals surface area contributed by atoms with E-state index in [-0.39, 0.29) is 0 Å². The van der Waals surface area contributed by atoms with E-state index < -0.39 is 0 Å². The highest BCUT2D eigenvalue weighted by Gasteiger charge is 2.34. The van der Waals surface area contributed by atoms with E-state index >= 15 is 0 Å². The molecule has 0 amide bonds. The Bertz CT molecular complexity index is 369. The SMILES string of the molecule is NC(C1CCCC1)C1CCc2cccnc21. The number of nitrogens with two attached hydrogens (primary N) is 1. The summed E-state index contributed by atoms with van der Waals surface area (Å²) in [6.45, 7) is 0. The summed E-state index contributed by atoms with van der Waals surface area (Å²) < 4.78 is 0. The number of hydrogen-bond donors (Lipinski definition) is 1. The van der Waals surface area contributed by atoms with Crippen LogP contribution in [0.1, 0.15) is 49.3 Å². The maximum atomic E-state index is 6.46. The molecule has 0 radical (unpaired) electrons. The Morgan fingerprint density at radius 2 is 2.06 bits per heavy atom. The van der Waals surface area contributed by atoms with Crippen LogP contribution in [0.4, 0.5) is 0 Å². The number of rotatable bonds is 2. The van der Waals surface area contributed by atoms with Crippen LogP contribution in [0.15, 0.2) is 18.3 Å². The number of pyridine rings is 1. The lowest BCUT2D eigenvalue weighted by Crippen LogP contribution is -2.34. The van der Waals surface area contributed by atoms with Gasteiger partial charge < -0.3 is 5.73 Å². The number of hydrogen-bond acceptors (Lipinski definition) is 2. The van der Waals surface area contributed by atoms with Gasteiger partial charge >= 0.3 is 0 Å². The molecule has 16 heavy (non-hydrogen) atoms. The largest absolute Gasteiger partial charge is 0.327 e. The van der Waals surface area contributed by atoms with E-state index in [1.807, 2.05) is 12.3 Å². The van der Waals surface area contributed by atoms with E-state index in [0.717, 1.165) is 5.92 Å². The maximum absolute atomic E-state index is 6.46. The van der Waals surface area contributed by atoms with Crippen molar-refractivity contribution in [3.8, 4) is 0 Å². The van der Waals surface area contributed by atoms with Crippen molar-refractivity contribution in [2.75, 3.05) is 0 Å². The highest BCUT2D eigenvalue weighted by atomic mass is 14.8. The Labute approximate surface area is 97.3 Å². The van der Waals surface area contributed by atoms with Gasteiger partial charge in [-0.15, -0.1) is 0 Å². The van der Waals surface area contributed by atoms with Gasteiger partial charge in [-0.25, -0.2) is 0 Å². The summed E-state index contributed by atoms with van der Waals surface area (Å²) in [6.07, 6.45) is 9.72. The van der Waals surface area contributed by atoms with Crippen molar-refractivity contribution in [1.82, 2.24) is 4.98 Å². The summed E-state index contributed by atoms with van der Waals surface area (Å²) in [7, 11) is 0. The van der Waals surface area contributed by atoms with Gasteiger partial charge in [-0.1, -0.05) is 18.9 Å². The molecule has 1 fully saturated rings. The molecule has 2 N–H and O–H groups in total. The summed E-state index contributed by atoms with van der Waals surface area (Å²) in [5.74, 6) is 1.28. The van der Waals surface area contributed by atoms with Gasteiger partial charge in [0.2, 0.25) is 0 Å². The fourth-order valence-corrected chi connectivity index (χ4v) is 3.49. The average molecular weight is 216 g/mol. The van der Waals surface area contributed by atoms with Crippen LogP contribution in [0.2, 0.25) is 0 Å². The molecule has 0 spiro atoms. The Morgan fingerprint density at radius 3 is 2.88 bits per heavy atom. The highest BCUT2D eigenvalue weighted by Crippen LogP contribution is 2.39. The van der Waals surface area contributed by atoms with Crippen molar-refractivity contribution in [3.05, 3.63) is 29.6 Å². The number of aryl methyl sites for hydroxylation is 1. The van der Waals surface area contributed by atoms with Gasteiger partial charge in [-0.05, 0) is 43.2 Å². The van der Waals surface area contributed by atoms with E-state index in [1.165, 1.54) is 49.8 Å². The molecule has 1 aromatic rings. The number of aromatic nitrogens is 1. The monoisotopic (exact) mass is 216 g/mol. The fourth-order valence-electron chi connectivity index (χ4n) is 3.49. The minimum absolute atomic E-state index is 0.346. The van der Waals surface area contributed by atoms with Gasteiger partial charge in [0.1, 0.15) is 0 Å². The van der Waals surface area contributed by atoms with Crippen LogP contribution in [0.25, 0.3) is 0 Å². The van der Waals surface area contributed by atoms with Crippen molar-refractivity contribution < 1.29 is 0 Å². The topological polar surface area (TPSA) is 38.9 Å². The summed E-state index contributed by atoms with van der Waals surface area (Å²) in [6, 6.07) is 4.60. The Hall–Kier alpha value is -0.890. The van der Waals surface area contributed by atoms with E-state index in [9.17, 15) is 0 Å². The summed E-state index contributed by atoms with van der Waals surface area (Å²) >= 11 is 0. The minimum atomic E-state index is 0.346. The molecule has 86 valence electrons. The predicted molar refractivity (Wildman–Crippen MR) is 65.2 cm³/mol. The lowest BCUT2D eigenvalue weighted by molar-refractivity contribution is 0.368. The van der Waals surface area contributed by atoms with Crippen LogP contribution in [0, 0.1) is 5.92 Å². The molecule has 2 heteroatoms. The van der Waals surface area contributed by atoms with E-state index in [0.29, 0.717) is 12.0 Å². The third-order valence-corrected chi connectivity index (χ3v) is 4.41. The first-order valence-corrected chi connectivity index (χ1v) is 6.55. The first-order valence-electron chi connectivity index (χ1n) is 6.55. The van der Waals surface area contributed by atoms with Gasteiger partial charge in [-0.3, -0.25) is 4.98 Å². The average Bonchev–Trinajstić information content (AvgIpc) is 2.98. The van der Waals surface area contributed by atoms with Crippen LogP contribution in [0.5, 0.6) is 0 Å². The number of fused-ring (bicyclic) bond motifs is 1. The summed E-state index contributed by atoms with van der Waals surface area (Å²) in [4.78, 5) is 4.55. The lowest BCUT2D eigenvalue weighted by atomic mass is 9.86. The molecule has 2 aliphatic carbocycles. The van der Waals surface area contributed by atoms with Crippen molar-refractivity contribution in [3.63, 3.8) is 0 Å². The van der Waals surface area contributed by atoms with E-state index in [4.69, 9.17) is 5.73 Å². The molecule has 1 heterocycles. The second-order valence-electron chi connectivity index (χ2n) is 5.31. The van der Waals surface area contributed by atoms with Crippen molar-refractivity contribution >= 4 is 0 Å².